The molecule has 7 nitrogen and oxygen atoms in total. The normalized spacial score (nSPS) is 11.4. The lowest BCUT2D eigenvalue weighted by Crippen LogP contribution is -3.11. The van der Waals surface area contributed by atoms with Gasteiger partial charge in [-0.25, -0.2) is 0 Å². The zero-order valence-electron chi connectivity index (χ0n) is 16.8. The van der Waals surface area contributed by atoms with E-state index in [-0.39, 0.29) is 24.9 Å². The maximum Gasteiger partial charge on any atom is 0.279 e. The van der Waals surface area contributed by atoms with Crippen molar-refractivity contribution in [3.05, 3.63) is 54.1 Å². The van der Waals surface area contributed by atoms with Crippen LogP contribution in [0.25, 0.3) is 0 Å². The molecule has 2 N–H and O–H groups in total. The number of nitrogens with one attached hydrogen (secondary N) is 2. The highest BCUT2D eigenvalue weighted by molar-refractivity contribution is 5.91. The van der Waals surface area contributed by atoms with Gasteiger partial charge in [-0.15, -0.1) is 0 Å². The van der Waals surface area contributed by atoms with Crippen molar-refractivity contribution in [1.29, 1.82) is 0 Å². The van der Waals surface area contributed by atoms with Gasteiger partial charge in [0.05, 0.1) is 21.3 Å². The molecule has 2 rings (SSSR count). The number of amides is 2. The number of carbonyl (C=O) groups excluding carboxylic acids is 2. The van der Waals surface area contributed by atoms with Crippen LogP contribution in [0.15, 0.2) is 48.5 Å². The first-order valence-corrected chi connectivity index (χ1v) is 9.03. The van der Waals surface area contributed by atoms with Crippen LogP contribution in [0.3, 0.4) is 0 Å². The van der Waals surface area contributed by atoms with Crippen molar-refractivity contribution in [2.24, 2.45) is 0 Å². The van der Waals surface area contributed by atoms with Crippen molar-refractivity contribution in [3.63, 3.8) is 0 Å². The van der Waals surface area contributed by atoms with Gasteiger partial charge >= 0.3 is 0 Å². The van der Waals surface area contributed by atoms with E-state index in [1.807, 2.05) is 43.4 Å². The summed E-state index contributed by atoms with van der Waals surface area (Å²) in [6.07, 6.45) is 0. The van der Waals surface area contributed by atoms with Crippen LogP contribution in [0.4, 0.5) is 5.69 Å². The molecule has 0 radical (unpaired) electrons. The average Bonchev–Trinajstić information content (AvgIpc) is 2.68. The summed E-state index contributed by atoms with van der Waals surface area (Å²) in [6, 6.07) is 14.8. The molecule has 2 aromatic rings. The van der Waals surface area contributed by atoms with Gasteiger partial charge in [-0.1, -0.05) is 18.2 Å². The van der Waals surface area contributed by atoms with E-state index < -0.39 is 0 Å². The van der Waals surface area contributed by atoms with Crippen molar-refractivity contribution in [2.75, 3.05) is 46.7 Å². The van der Waals surface area contributed by atoms with Crippen LogP contribution < -0.4 is 19.7 Å². The molecule has 0 aliphatic heterocycles. The Morgan fingerprint density at radius 3 is 2.32 bits per heavy atom. The minimum absolute atomic E-state index is 0.0255. The standard InChI is InChI=1S/C21H27N3O4/c1-23(14-20(25)22-17-6-5-7-19(12-17)28-4)15-21(26)24(2)13-16-8-10-18(27-3)11-9-16/h5-12H,13-15H2,1-4H3,(H,22,25)/p+1. The summed E-state index contributed by atoms with van der Waals surface area (Å²) < 4.78 is 10.3. The number of nitrogens with zero attached hydrogens (tertiary/aromatic N) is 1. The van der Waals surface area contributed by atoms with Crippen molar-refractivity contribution in [1.82, 2.24) is 4.90 Å². The number of carbonyl (C=O) groups is 2. The predicted octanol–water partition coefficient (Wildman–Crippen LogP) is 0.816. The number of anilines is 1. The molecule has 0 spiro atoms. The van der Waals surface area contributed by atoms with Gasteiger partial charge in [-0.3, -0.25) is 9.59 Å². The highest BCUT2D eigenvalue weighted by Crippen LogP contribution is 2.16. The predicted molar refractivity (Wildman–Crippen MR) is 108 cm³/mol. The van der Waals surface area contributed by atoms with Gasteiger partial charge in [0.15, 0.2) is 13.1 Å². The molecule has 0 fully saturated rings. The Morgan fingerprint density at radius 1 is 1.00 bits per heavy atom. The summed E-state index contributed by atoms with van der Waals surface area (Å²) in [5, 5.41) is 2.82. The molecule has 0 heterocycles. The van der Waals surface area contributed by atoms with Gasteiger partial charge < -0.3 is 24.6 Å². The molecular formula is C21H28N3O4+. The lowest BCUT2D eigenvalue weighted by Gasteiger charge is -2.20. The molecular weight excluding hydrogens is 358 g/mol. The third-order valence-electron chi connectivity index (χ3n) is 4.27. The Bertz CT molecular complexity index is 792. The Morgan fingerprint density at radius 2 is 1.68 bits per heavy atom. The monoisotopic (exact) mass is 386 g/mol. The Hall–Kier alpha value is -3.06. The maximum absolute atomic E-state index is 12.4. The summed E-state index contributed by atoms with van der Waals surface area (Å²) in [7, 11) is 6.78. The minimum Gasteiger partial charge on any atom is -0.497 e. The van der Waals surface area contributed by atoms with E-state index in [9.17, 15) is 9.59 Å². The summed E-state index contributed by atoms with van der Waals surface area (Å²) in [5.74, 6) is 1.27. The van der Waals surface area contributed by atoms with Crippen LogP contribution in [0.2, 0.25) is 0 Å². The largest absolute Gasteiger partial charge is 0.497 e. The third kappa shape index (κ3) is 6.59. The number of likely N-dealkylation sites (N-methyl/N-ethyl adjacent to an activating group) is 2. The summed E-state index contributed by atoms with van der Waals surface area (Å²) in [6.45, 7) is 0.934. The van der Waals surface area contributed by atoms with Crippen LogP contribution in [-0.4, -0.2) is 58.1 Å². The van der Waals surface area contributed by atoms with Gasteiger partial charge in [-0.2, -0.15) is 0 Å². The quantitative estimate of drug-likeness (QED) is 0.669. The first kappa shape index (κ1) is 21.2. The molecule has 150 valence electrons. The first-order valence-electron chi connectivity index (χ1n) is 9.03. The van der Waals surface area contributed by atoms with Crippen LogP contribution in [0.1, 0.15) is 5.56 Å². The fourth-order valence-corrected chi connectivity index (χ4v) is 2.73. The zero-order chi connectivity index (χ0) is 20.5. The zero-order valence-corrected chi connectivity index (χ0v) is 16.8. The second kappa shape index (κ2) is 10.3. The summed E-state index contributed by atoms with van der Waals surface area (Å²) in [5.41, 5.74) is 1.69. The molecule has 0 bridgehead atoms. The SMILES string of the molecule is COc1ccc(CN(C)C(=O)C[NH+](C)CC(=O)Nc2cccc(OC)c2)cc1. The highest BCUT2D eigenvalue weighted by atomic mass is 16.5. The average molecular weight is 386 g/mol. The molecule has 7 heteroatoms. The van der Waals surface area contributed by atoms with Crippen molar-refractivity contribution < 1.29 is 24.0 Å². The van der Waals surface area contributed by atoms with E-state index in [1.165, 1.54) is 0 Å². The molecule has 0 saturated heterocycles. The van der Waals surface area contributed by atoms with Gasteiger partial charge in [-0.05, 0) is 29.8 Å². The Kier molecular flexibility index (Phi) is 7.83. The molecule has 0 saturated carbocycles. The number of quaternary nitrogens is 1. The fraction of sp³-hybridized carbons (Fsp3) is 0.333. The third-order valence-corrected chi connectivity index (χ3v) is 4.27. The molecule has 2 amide bonds. The lowest BCUT2D eigenvalue weighted by atomic mass is 10.2. The summed E-state index contributed by atoms with van der Waals surface area (Å²) >= 11 is 0. The number of ether oxygens (including phenoxy) is 2. The van der Waals surface area contributed by atoms with Crippen molar-refractivity contribution in [3.8, 4) is 11.5 Å². The second-order valence-corrected chi connectivity index (χ2v) is 6.69. The Balaban J connectivity index is 1.80. The van der Waals surface area contributed by atoms with E-state index in [0.29, 0.717) is 18.0 Å². The van der Waals surface area contributed by atoms with Gasteiger partial charge in [0.2, 0.25) is 0 Å². The van der Waals surface area contributed by atoms with Crippen molar-refractivity contribution in [2.45, 2.75) is 6.54 Å². The van der Waals surface area contributed by atoms with Crippen molar-refractivity contribution >= 4 is 17.5 Å². The van der Waals surface area contributed by atoms with Crippen LogP contribution >= 0.6 is 0 Å². The van der Waals surface area contributed by atoms with E-state index in [0.717, 1.165) is 16.2 Å². The number of hydrogen-bond acceptors (Lipinski definition) is 4. The number of hydrogen-bond donors (Lipinski definition) is 2. The maximum atomic E-state index is 12.4. The second-order valence-electron chi connectivity index (χ2n) is 6.69. The van der Waals surface area contributed by atoms with E-state index >= 15 is 0 Å². The topological polar surface area (TPSA) is 72.3 Å². The molecule has 0 aromatic heterocycles. The molecule has 1 unspecified atom stereocenters. The highest BCUT2D eigenvalue weighted by Gasteiger charge is 2.17. The molecule has 0 aliphatic carbocycles. The van der Waals surface area contributed by atoms with Gasteiger partial charge in [0.1, 0.15) is 11.5 Å². The van der Waals surface area contributed by atoms with E-state index in [2.05, 4.69) is 5.32 Å². The smallest absolute Gasteiger partial charge is 0.279 e. The molecule has 28 heavy (non-hydrogen) atoms. The van der Waals surface area contributed by atoms with Gasteiger partial charge in [0, 0.05) is 25.3 Å². The van der Waals surface area contributed by atoms with Gasteiger partial charge in [0.25, 0.3) is 11.8 Å². The number of methoxy groups -OCH3 is 2. The van der Waals surface area contributed by atoms with Crippen LogP contribution in [0.5, 0.6) is 11.5 Å². The lowest BCUT2D eigenvalue weighted by molar-refractivity contribution is -0.862. The number of benzene rings is 2. The summed E-state index contributed by atoms with van der Waals surface area (Å²) in [4.78, 5) is 27.1. The Labute approximate surface area is 165 Å². The fourth-order valence-electron chi connectivity index (χ4n) is 2.73. The first-order chi connectivity index (χ1) is 13.4. The molecule has 1 atom stereocenters. The number of rotatable bonds is 9. The van der Waals surface area contributed by atoms with Crippen LogP contribution in [0, 0.1) is 0 Å². The van der Waals surface area contributed by atoms with Crippen LogP contribution in [-0.2, 0) is 16.1 Å². The molecule has 0 aliphatic rings. The van der Waals surface area contributed by atoms with E-state index in [1.54, 1.807) is 38.3 Å². The van der Waals surface area contributed by atoms with E-state index in [4.69, 9.17) is 9.47 Å². The minimum atomic E-state index is -0.156. The molecule has 2 aromatic carbocycles.